The van der Waals surface area contributed by atoms with Gasteiger partial charge in [0.15, 0.2) is 11.5 Å². The molecular weight excluding hydrogens is 382 g/mol. The maximum Gasteiger partial charge on any atom is 0.238 e. The lowest BCUT2D eigenvalue weighted by atomic mass is 10.1. The van der Waals surface area contributed by atoms with Gasteiger partial charge < -0.3 is 20.1 Å². The Hall–Kier alpha value is -3.06. The molecule has 0 aliphatic rings. The molecule has 0 aliphatic carbocycles. The maximum atomic E-state index is 12.4. The zero-order valence-electron chi connectivity index (χ0n) is 18.4. The standard InChI is InChI=1S/C23H31N3O4/c1-6-29-20-9-8-18(13-21(20)30-7-2)24-22(27)14-26(5)15-23(28)25-19-11-16(3)10-17(4)12-19/h8-13H,6-7,14-15H2,1-5H3,(H,24,27)(H,25,28). The largest absolute Gasteiger partial charge is 0.490 e. The van der Waals surface area contributed by atoms with Crippen molar-refractivity contribution in [1.82, 2.24) is 4.90 Å². The minimum absolute atomic E-state index is 0.0808. The third-order valence-corrected chi connectivity index (χ3v) is 4.16. The molecule has 2 rings (SSSR count). The fourth-order valence-corrected chi connectivity index (χ4v) is 3.12. The molecule has 0 bridgehead atoms. The second-order valence-corrected chi connectivity index (χ2v) is 7.17. The Bertz CT molecular complexity index is 862. The van der Waals surface area contributed by atoms with E-state index in [0.717, 1.165) is 16.8 Å². The van der Waals surface area contributed by atoms with E-state index in [4.69, 9.17) is 9.47 Å². The molecule has 0 heterocycles. The van der Waals surface area contributed by atoms with Crippen molar-refractivity contribution in [3.8, 4) is 11.5 Å². The molecule has 7 nitrogen and oxygen atoms in total. The van der Waals surface area contributed by atoms with Gasteiger partial charge in [-0.25, -0.2) is 0 Å². The number of carbonyl (C=O) groups excluding carboxylic acids is 2. The molecule has 2 aromatic rings. The third kappa shape index (κ3) is 7.40. The predicted octanol–water partition coefficient (Wildman–Crippen LogP) is 3.61. The number of nitrogens with zero attached hydrogens (tertiary/aromatic N) is 1. The van der Waals surface area contributed by atoms with E-state index in [1.54, 1.807) is 30.1 Å². The first-order valence-corrected chi connectivity index (χ1v) is 10.1. The summed E-state index contributed by atoms with van der Waals surface area (Å²) in [5.74, 6) is 0.828. The molecule has 30 heavy (non-hydrogen) atoms. The van der Waals surface area contributed by atoms with Crippen LogP contribution in [0.4, 0.5) is 11.4 Å². The van der Waals surface area contributed by atoms with E-state index in [0.29, 0.717) is 30.4 Å². The highest BCUT2D eigenvalue weighted by Crippen LogP contribution is 2.30. The van der Waals surface area contributed by atoms with E-state index < -0.39 is 0 Å². The highest BCUT2D eigenvalue weighted by atomic mass is 16.5. The number of carbonyl (C=O) groups is 2. The minimum Gasteiger partial charge on any atom is -0.490 e. The number of ether oxygens (including phenoxy) is 2. The quantitative estimate of drug-likeness (QED) is 0.622. The summed E-state index contributed by atoms with van der Waals surface area (Å²) in [6.07, 6.45) is 0. The van der Waals surface area contributed by atoms with E-state index in [1.807, 2.05) is 45.9 Å². The fraction of sp³-hybridized carbons (Fsp3) is 0.391. The second kappa shape index (κ2) is 11.2. The molecule has 0 saturated carbocycles. The molecule has 2 amide bonds. The number of benzene rings is 2. The van der Waals surface area contributed by atoms with Crippen molar-refractivity contribution in [3.05, 3.63) is 47.5 Å². The van der Waals surface area contributed by atoms with Crippen LogP contribution in [0.3, 0.4) is 0 Å². The highest BCUT2D eigenvalue weighted by molar-refractivity contribution is 5.95. The Balaban J connectivity index is 1.89. The minimum atomic E-state index is -0.219. The molecule has 0 saturated heterocycles. The monoisotopic (exact) mass is 413 g/mol. The van der Waals surface area contributed by atoms with Gasteiger partial charge in [0.05, 0.1) is 26.3 Å². The molecule has 2 N–H and O–H groups in total. The van der Waals surface area contributed by atoms with Crippen LogP contribution in [0.2, 0.25) is 0 Å². The summed E-state index contributed by atoms with van der Waals surface area (Å²) in [5.41, 5.74) is 3.54. The second-order valence-electron chi connectivity index (χ2n) is 7.17. The molecule has 0 aliphatic heterocycles. The normalized spacial score (nSPS) is 10.6. The van der Waals surface area contributed by atoms with Crippen LogP contribution in [-0.2, 0) is 9.59 Å². The lowest BCUT2D eigenvalue weighted by Crippen LogP contribution is -2.36. The number of likely N-dealkylation sites (N-methyl/N-ethyl adjacent to an activating group) is 1. The van der Waals surface area contributed by atoms with Gasteiger partial charge in [-0.2, -0.15) is 0 Å². The Morgan fingerprint density at radius 1 is 0.800 bits per heavy atom. The van der Waals surface area contributed by atoms with Gasteiger partial charge in [-0.1, -0.05) is 6.07 Å². The molecule has 0 radical (unpaired) electrons. The Morgan fingerprint density at radius 3 is 1.90 bits per heavy atom. The average Bonchev–Trinajstić information content (AvgIpc) is 2.62. The Kier molecular flexibility index (Phi) is 8.68. The molecule has 0 aromatic heterocycles. The molecule has 7 heteroatoms. The summed E-state index contributed by atoms with van der Waals surface area (Å²) in [6, 6.07) is 11.1. The molecular formula is C23H31N3O4. The van der Waals surface area contributed by atoms with Gasteiger partial charge in [0, 0.05) is 17.4 Å². The van der Waals surface area contributed by atoms with Crippen molar-refractivity contribution >= 4 is 23.2 Å². The SMILES string of the molecule is CCOc1ccc(NC(=O)CN(C)CC(=O)Nc2cc(C)cc(C)c2)cc1OCC. The Labute approximate surface area is 178 Å². The number of rotatable bonds is 10. The van der Waals surface area contributed by atoms with E-state index >= 15 is 0 Å². The number of amides is 2. The van der Waals surface area contributed by atoms with Crippen LogP contribution in [0.1, 0.15) is 25.0 Å². The smallest absolute Gasteiger partial charge is 0.238 e. The number of anilines is 2. The first kappa shape index (κ1) is 23.2. The van der Waals surface area contributed by atoms with Crippen molar-refractivity contribution in [2.24, 2.45) is 0 Å². The summed E-state index contributed by atoms with van der Waals surface area (Å²) in [6.45, 7) is 8.96. The summed E-state index contributed by atoms with van der Waals surface area (Å²) >= 11 is 0. The van der Waals surface area contributed by atoms with Crippen molar-refractivity contribution in [2.45, 2.75) is 27.7 Å². The van der Waals surface area contributed by atoms with E-state index in [1.165, 1.54) is 0 Å². The van der Waals surface area contributed by atoms with Gasteiger partial charge >= 0.3 is 0 Å². The summed E-state index contributed by atoms with van der Waals surface area (Å²) < 4.78 is 11.1. The van der Waals surface area contributed by atoms with Crippen LogP contribution in [0.25, 0.3) is 0 Å². The highest BCUT2D eigenvalue weighted by Gasteiger charge is 2.13. The van der Waals surface area contributed by atoms with Gasteiger partial charge in [0.2, 0.25) is 11.8 Å². The molecule has 0 atom stereocenters. The molecule has 2 aromatic carbocycles. The maximum absolute atomic E-state index is 12.4. The van der Waals surface area contributed by atoms with E-state index in [-0.39, 0.29) is 24.9 Å². The Morgan fingerprint density at radius 2 is 1.33 bits per heavy atom. The van der Waals surface area contributed by atoms with Gasteiger partial charge in [-0.05, 0) is 70.1 Å². The van der Waals surface area contributed by atoms with Gasteiger partial charge in [-0.3, -0.25) is 14.5 Å². The number of nitrogens with one attached hydrogen (secondary N) is 2. The van der Waals surface area contributed by atoms with Crippen molar-refractivity contribution < 1.29 is 19.1 Å². The molecule has 0 fully saturated rings. The van der Waals surface area contributed by atoms with Crippen molar-refractivity contribution in [3.63, 3.8) is 0 Å². The lowest BCUT2D eigenvalue weighted by Gasteiger charge is -2.17. The predicted molar refractivity (Wildman–Crippen MR) is 119 cm³/mol. The van der Waals surface area contributed by atoms with Crippen LogP contribution >= 0.6 is 0 Å². The summed E-state index contributed by atoms with van der Waals surface area (Å²) in [4.78, 5) is 26.3. The van der Waals surface area contributed by atoms with Crippen LogP contribution in [-0.4, -0.2) is 50.1 Å². The zero-order chi connectivity index (χ0) is 22.1. The first-order valence-electron chi connectivity index (χ1n) is 10.1. The van der Waals surface area contributed by atoms with Crippen molar-refractivity contribution in [2.75, 3.05) is 44.0 Å². The summed E-state index contributed by atoms with van der Waals surface area (Å²) in [5, 5.41) is 5.71. The number of hydrogen-bond acceptors (Lipinski definition) is 5. The van der Waals surface area contributed by atoms with Crippen LogP contribution in [0, 0.1) is 13.8 Å². The topological polar surface area (TPSA) is 79.9 Å². The van der Waals surface area contributed by atoms with Gasteiger partial charge in [0.1, 0.15) is 0 Å². The van der Waals surface area contributed by atoms with Crippen LogP contribution < -0.4 is 20.1 Å². The van der Waals surface area contributed by atoms with Gasteiger partial charge in [0.25, 0.3) is 0 Å². The number of aryl methyl sites for hydroxylation is 2. The molecule has 0 unspecified atom stereocenters. The van der Waals surface area contributed by atoms with Crippen LogP contribution in [0.15, 0.2) is 36.4 Å². The van der Waals surface area contributed by atoms with Gasteiger partial charge in [-0.15, -0.1) is 0 Å². The van der Waals surface area contributed by atoms with Crippen LogP contribution in [0.5, 0.6) is 11.5 Å². The average molecular weight is 414 g/mol. The molecule has 0 spiro atoms. The lowest BCUT2D eigenvalue weighted by molar-refractivity contribution is -0.119. The fourth-order valence-electron chi connectivity index (χ4n) is 3.12. The molecule has 162 valence electrons. The first-order chi connectivity index (χ1) is 14.3. The number of hydrogen-bond donors (Lipinski definition) is 2. The third-order valence-electron chi connectivity index (χ3n) is 4.16. The zero-order valence-corrected chi connectivity index (χ0v) is 18.4. The van der Waals surface area contributed by atoms with E-state index in [2.05, 4.69) is 10.6 Å². The van der Waals surface area contributed by atoms with E-state index in [9.17, 15) is 9.59 Å². The summed E-state index contributed by atoms with van der Waals surface area (Å²) in [7, 11) is 1.73. The van der Waals surface area contributed by atoms with Crippen molar-refractivity contribution in [1.29, 1.82) is 0 Å².